The van der Waals surface area contributed by atoms with Crippen LogP contribution in [-0.4, -0.2) is 29.2 Å². The maximum Gasteiger partial charge on any atom is 0.341 e. The molecule has 0 aliphatic rings. The van der Waals surface area contributed by atoms with Gasteiger partial charge in [-0.1, -0.05) is 17.3 Å². The summed E-state index contributed by atoms with van der Waals surface area (Å²) in [6.45, 7) is 3.89. The number of nitrogens with zero attached hydrogens (tertiary/aromatic N) is 1. The number of nitrogens with one attached hydrogen (secondary N) is 1. The lowest BCUT2D eigenvalue weighted by Crippen LogP contribution is -2.15. The number of para-hydroxylation sites is 1. The van der Waals surface area contributed by atoms with Gasteiger partial charge in [-0.15, -0.1) is 0 Å². The molecule has 0 radical (unpaired) electrons. The molecule has 1 heterocycles. The molecule has 7 heteroatoms. The summed E-state index contributed by atoms with van der Waals surface area (Å²) in [4.78, 5) is 24.0. The summed E-state index contributed by atoms with van der Waals surface area (Å²) in [5.41, 5.74) is 3.26. The van der Waals surface area contributed by atoms with E-state index in [0.717, 1.165) is 16.5 Å². The van der Waals surface area contributed by atoms with Crippen molar-refractivity contribution in [2.24, 2.45) is 0 Å². The van der Waals surface area contributed by atoms with Crippen molar-refractivity contribution >= 4 is 28.5 Å². The average Bonchev–Trinajstić information content (AvgIpc) is 2.98. The number of phenolic OH excluding ortho intramolecular Hbond substituents is 1. The van der Waals surface area contributed by atoms with Crippen LogP contribution in [0.5, 0.6) is 5.75 Å². The van der Waals surface area contributed by atoms with Gasteiger partial charge in [0.25, 0.3) is 0 Å². The molecule has 1 aromatic heterocycles. The first-order chi connectivity index (χ1) is 12.4. The molecule has 2 aromatic carbocycles. The minimum atomic E-state index is -0.688. The zero-order chi connectivity index (χ0) is 18.8. The number of carbonyl (C=O) groups is 2. The van der Waals surface area contributed by atoms with Gasteiger partial charge in [0.05, 0.1) is 19.2 Å². The first-order valence-electron chi connectivity index (χ1n) is 7.96. The number of anilines is 1. The van der Waals surface area contributed by atoms with E-state index in [1.165, 1.54) is 19.2 Å². The van der Waals surface area contributed by atoms with E-state index in [1.54, 1.807) is 6.07 Å². The first kappa shape index (κ1) is 17.5. The molecule has 0 aliphatic carbocycles. The van der Waals surface area contributed by atoms with Crippen LogP contribution in [0.2, 0.25) is 0 Å². The van der Waals surface area contributed by atoms with Crippen molar-refractivity contribution < 1.29 is 24.0 Å². The van der Waals surface area contributed by atoms with Crippen LogP contribution >= 0.6 is 0 Å². The maximum atomic E-state index is 12.4. The van der Waals surface area contributed by atoms with Gasteiger partial charge in [-0.25, -0.2) is 4.79 Å². The lowest BCUT2D eigenvalue weighted by Gasteiger charge is -2.09. The molecule has 0 bridgehead atoms. The number of aromatic nitrogens is 1. The van der Waals surface area contributed by atoms with Crippen LogP contribution in [0.15, 0.2) is 34.9 Å². The van der Waals surface area contributed by atoms with Crippen LogP contribution in [0.3, 0.4) is 0 Å². The van der Waals surface area contributed by atoms with Gasteiger partial charge in [-0.2, -0.15) is 0 Å². The third-order valence-corrected chi connectivity index (χ3v) is 4.03. The third kappa shape index (κ3) is 3.23. The highest BCUT2D eigenvalue weighted by Gasteiger charge is 2.18. The molecule has 2 N–H and O–H groups in total. The number of fused-ring (bicyclic) bond motifs is 1. The Labute approximate surface area is 149 Å². The number of amides is 1. The number of benzene rings is 2. The van der Waals surface area contributed by atoms with Crippen LogP contribution in [0.4, 0.5) is 5.69 Å². The second kappa shape index (κ2) is 6.87. The third-order valence-electron chi connectivity index (χ3n) is 4.03. The van der Waals surface area contributed by atoms with Gasteiger partial charge in [-0.3, -0.25) is 4.79 Å². The average molecular weight is 354 g/mol. The van der Waals surface area contributed by atoms with E-state index in [9.17, 15) is 14.7 Å². The SMILES string of the molecule is COC(=O)c1cccc(NC(=O)Cc2noc3cc(C)cc(C)c23)c1O. The topological polar surface area (TPSA) is 102 Å². The minimum Gasteiger partial charge on any atom is -0.505 e. The second-order valence-corrected chi connectivity index (χ2v) is 6.00. The molecule has 0 aliphatic heterocycles. The molecular weight excluding hydrogens is 336 g/mol. The number of hydrogen-bond donors (Lipinski definition) is 2. The molecular formula is C19H18N2O5. The van der Waals surface area contributed by atoms with Crippen molar-refractivity contribution in [3.05, 3.63) is 52.7 Å². The van der Waals surface area contributed by atoms with Crippen molar-refractivity contribution in [2.45, 2.75) is 20.3 Å². The molecule has 0 spiro atoms. The fourth-order valence-electron chi connectivity index (χ4n) is 2.91. The van der Waals surface area contributed by atoms with E-state index < -0.39 is 11.9 Å². The van der Waals surface area contributed by atoms with Gasteiger partial charge in [0, 0.05) is 5.39 Å². The summed E-state index contributed by atoms with van der Waals surface area (Å²) in [7, 11) is 1.22. The molecule has 1 amide bonds. The molecule has 3 aromatic rings. The number of aryl methyl sites for hydroxylation is 2. The van der Waals surface area contributed by atoms with Crippen LogP contribution < -0.4 is 5.32 Å². The highest BCUT2D eigenvalue weighted by atomic mass is 16.5. The summed E-state index contributed by atoms with van der Waals surface area (Å²) < 4.78 is 9.91. The summed E-state index contributed by atoms with van der Waals surface area (Å²) in [6, 6.07) is 8.30. The Morgan fingerprint density at radius 2 is 2.04 bits per heavy atom. The number of methoxy groups -OCH3 is 1. The fourth-order valence-corrected chi connectivity index (χ4v) is 2.91. The molecule has 134 valence electrons. The van der Waals surface area contributed by atoms with Gasteiger partial charge < -0.3 is 19.7 Å². The summed E-state index contributed by atoms with van der Waals surface area (Å²) in [5.74, 6) is -1.42. The second-order valence-electron chi connectivity index (χ2n) is 6.00. The minimum absolute atomic E-state index is 0.0245. The zero-order valence-corrected chi connectivity index (χ0v) is 14.6. The number of carbonyl (C=O) groups excluding carboxylic acids is 2. The number of ether oxygens (including phenoxy) is 1. The lowest BCUT2D eigenvalue weighted by atomic mass is 10.0. The van der Waals surface area contributed by atoms with E-state index in [4.69, 9.17) is 4.52 Å². The highest BCUT2D eigenvalue weighted by Crippen LogP contribution is 2.29. The standard InChI is InChI=1S/C19H18N2O5/c1-10-7-11(2)17-14(21-26-15(17)8-10)9-16(22)20-13-6-4-5-12(18(13)23)19(24)25-3/h4-8,23H,9H2,1-3H3,(H,20,22). The first-order valence-corrected chi connectivity index (χ1v) is 7.96. The van der Waals surface area contributed by atoms with E-state index in [-0.39, 0.29) is 23.4 Å². The van der Waals surface area contributed by atoms with E-state index >= 15 is 0 Å². The van der Waals surface area contributed by atoms with Crippen molar-refractivity contribution in [1.29, 1.82) is 0 Å². The Morgan fingerprint density at radius 1 is 1.27 bits per heavy atom. The monoisotopic (exact) mass is 354 g/mol. The zero-order valence-electron chi connectivity index (χ0n) is 14.6. The molecule has 0 unspecified atom stereocenters. The van der Waals surface area contributed by atoms with Crippen LogP contribution in [0, 0.1) is 13.8 Å². The molecule has 0 saturated carbocycles. The Kier molecular flexibility index (Phi) is 4.62. The predicted molar refractivity (Wildman–Crippen MR) is 95.3 cm³/mol. The number of aromatic hydroxyl groups is 1. The largest absolute Gasteiger partial charge is 0.505 e. The van der Waals surface area contributed by atoms with Crippen molar-refractivity contribution in [1.82, 2.24) is 5.16 Å². The Morgan fingerprint density at radius 3 is 2.77 bits per heavy atom. The quantitative estimate of drug-likeness (QED) is 0.551. The van der Waals surface area contributed by atoms with Crippen molar-refractivity contribution in [3.8, 4) is 5.75 Å². The van der Waals surface area contributed by atoms with Gasteiger partial charge in [0.15, 0.2) is 11.3 Å². The fraction of sp³-hybridized carbons (Fsp3) is 0.211. The normalized spacial score (nSPS) is 10.7. The molecule has 7 nitrogen and oxygen atoms in total. The van der Waals surface area contributed by atoms with Crippen LogP contribution in [0.25, 0.3) is 11.0 Å². The molecule has 0 atom stereocenters. The van der Waals surface area contributed by atoms with Crippen molar-refractivity contribution in [2.75, 3.05) is 12.4 Å². The van der Waals surface area contributed by atoms with E-state index in [0.29, 0.717) is 11.3 Å². The molecule has 26 heavy (non-hydrogen) atoms. The Hall–Kier alpha value is -3.35. The summed E-state index contributed by atoms with van der Waals surface area (Å²) >= 11 is 0. The van der Waals surface area contributed by atoms with Gasteiger partial charge in [0.1, 0.15) is 11.3 Å². The smallest absolute Gasteiger partial charge is 0.341 e. The Bertz CT molecular complexity index is 1010. The van der Waals surface area contributed by atoms with E-state index in [2.05, 4.69) is 15.2 Å². The number of hydrogen-bond acceptors (Lipinski definition) is 6. The lowest BCUT2D eigenvalue weighted by molar-refractivity contribution is -0.115. The van der Waals surface area contributed by atoms with Crippen LogP contribution in [-0.2, 0) is 16.0 Å². The number of esters is 1. The molecule has 3 rings (SSSR count). The predicted octanol–water partition coefficient (Wildman–Crippen LogP) is 3.12. The van der Waals surface area contributed by atoms with Gasteiger partial charge in [-0.05, 0) is 43.2 Å². The number of rotatable bonds is 4. The highest BCUT2D eigenvalue weighted by molar-refractivity contribution is 6.00. The summed E-state index contributed by atoms with van der Waals surface area (Å²) in [6.07, 6.45) is -0.0290. The van der Waals surface area contributed by atoms with Crippen LogP contribution in [0.1, 0.15) is 27.2 Å². The maximum absolute atomic E-state index is 12.4. The summed E-state index contributed by atoms with van der Waals surface area (Å²) in [5, 5.41) is 17.5. The van der Waals surface area contributed by atoms with E-state index in [1.807, 2.05) is 26.0 Å². The number of phenols is 1. The molecule has 0 saturated heterocycles. The van der Waals surface area contributed by atoms with Gasteiger partial charge >= 0.3 is 5.97 Å². The van der Waals surface area contributed by atoms with Gasteiger partial charge in [0.2, 0.25) is 5.91 Å². The van der Waals surface area contributed by atoms with Crippen molar-refractivity contribution in [3.63, 3.8) is 0 Å². The molecule has 0 fully saturated rings. The Balaban J connectivity index is 1.83.